The third-order valence-corrected chi connectivity index (χ3v) is 11.6. The molecule has 0 unspecified atom stereocenters. The van der Waals surface area contributed by atoms with Gasteiger partial charge in [-0.05, 0) is 119 Å². The zero-order chi connectivity index (χ0) is 47.3. The summed E-state index contributed by atoms with van der Waals surface area (Å²) in [6.07, 6.45) is 14.7. The van der Waals surface area contributed by atoms with E-state index in [-0.39, 0.29) is 68.3 Å². The summed E-state index contributed by atoms with van der Waals surface area (Å²) >= 11 is 0. The summed E-state index contributed by atoms with van der Waals surface area (Å²) in [5.74, 6) is -3.76. The number of carboxylic acid groups (broad SMARTS) is 4. The number of rotatable bonds is 16. The van der Waals surface area contributed by atoms with Crippen molar-refractivity contribution in [3.63, 3.8) is 0 Å². The minimum atomic E-state index is -0.941. The maximum Gasteiger partial charge on any atom is 0.303 e. The summed E-state index contributed by atoms with van der Waals surface area (Å²) in [4.78, 5) is 82.3. The fourth-order valence-corrected chi connectivity index (χ4v) is 8.44. The number of H-pyrrole nitrogens is 2. The van der Waals surface area contributed by atoms with E-state index in [9.17, 15) is 39.6 Å². The Morgan fingerprint density at radius 3 is 0.826 bits per heavy atom. The molecule has 9 rings (SSSR count). The van der Waals surface area contributed by atoms with Crippen LogP contribution in [0.1, 0.15) is 71.2 Å². The molecular formula is C52H43BrN8O8. The second-order valence-corrected chi connectivity index (χ2v) is 16.2. The lowest BCUT2D eigenvalue weighted by Crippen LogP contribution is -2.00. The van der Waals surface area contributed by atoms with Crippen molar-refractivity contribution in [3.8, 4) is 44.5 Å². The van der Waals surface area contributed by atoms with E-state index in [1.165, 1.54) is 0 Å². The molecule has 346 valence electrons. The zero-order valence-corrected chi connectivity index (χ0v) is 38.4. The van der Waals surface area contributed by atoms with E-state index in [0.29, 0.717) is 89.9 Å². The Morgan fingerprint density at radius 2 is 0.609 bits per heavy atom. The number of aromatic amines is 2. The predicted molar refractivity (Wildman–Crippen MR) is 266 cm³/mol. The average molecular weight is 988 g/mol. The minimum Gasteiger partial charge on any atom is -0.481 e. The maximum atomic E-state index is 11.6. The van der Waals surface area contributed by atoms with E-state index in [1.807, 2.05) is 97.1 Å². The predicted octanol–water partition coefficient (Wildman–Crippen LogP) is 9.55. The highest BCUT2D eigenvalue weighted by atomic mass is 79.9. The SMILES string of the molecule is Br.O=C(O)CCc1cc(-c2c3nc(c(-c4ccnc(CCC(=O)O)c4)c4ccc([nH]4)c(-c4ccnc(CCC(=O)O)c4)c4nc(c(-c5ccnc(CCC(=O)O)c5)c5ccc2[nH]5)C=C4)C=C3)ccn1. The normalized spacial score (nSPS) is 11.6. The lowest BCUT2D eigenvalue weighted by atomic mass is 10.0. The molecule has 2 aliphatic heterocycles. The number of hydrogen-bond acceptors (Lipinski definition) is 10. The molecule has 0 fully saturated rings. The number of carboxylic acids is 4. The van der Waals surface area contributed by atoms with Gasteiger partial charge < -0.3 is 30.4 Å². The topological polar surface area (TPSA) is 258 Å². The number of carbonyl (C=O) groups is 4. The van der Waals surface area contributed by atoms with Crippen LogP contribution < -0.4 is 0 Å². The highest BCUT2D eigenvalue weighted by Gasteiger charge is 2.21. The van der Waals surface area contributed by atoms with Crippen LogP contribution in [0.15, 0.2) is 97.6 Å². The lowest BCUT2D eigenvalue weighted by Gasteiger charge is -2.09. The standard InChI is InChI=1S/C52H42N8O8.BrH/c61-45(62)13-1-33-25-29(17-21-53-33)49-37-5-7-39(57-37)50(30-18-22-54-34(26-30)2-14-46(63)64)41-9-11-43(59-41)52(32-20-24-56-36(28-32)4-16-48(67)68)44-12-10-42(60-44)51(40-8-6-38(49)58-40)31-19-23-55-35(27-31)3-15-47(65)66;/h5-12,17-28,57,60H,1-4,13-16H2,(H,61,62)(H,63,64)(H,65,66)(H,67,68);1H. The third kappa shape index (κ3) is 10.7. The first-order chi connectivity index (χ1) is 32.9. The molecule has 7 aromatic heterocycles. The van der Waals surface area contributed by atoms with Crippen molar-refractivity contribution >= 4 is 87.2 Å². The summed E-state index contributed by atoms with van der Waals surface area (Å²) < 4.78 is 0. The molecule has 9 heterocycles. The number of fused-ring (bicyclic) bond motifs is 8. The van der Waals surface area contributed by atoms with Crippen LogP contribution >= 0.6 is 17.0 Å². The van der Waals surface area contributed by atoms with Crippen LogP contribution in [0.2, 0.25) is 0 Å². The second kappa shape index (κ2) is 20.6. The summed E-state index contributed by atoms with van der Waals surface area (Å²) in [6.45, 7) is 0. The first-order valence-corrected chi connectivity index (χ1v) is 21.8. The summed E-state index contributed by atoms with van der Waals surface area (Å²) in [5.41, 5.74) is 13.2. The Bertz CT molecular complexity index is 2980. The van der Waals surface area contributed by atoms with Crippen LogP contribution in [0.5, 0.6) is 0 Å². The molecule has 0 saturated heterocycles. The van der Waals surface area contributed by atoms with Crippen molar-refractivity contribution in [1.29, 1.82) is 0 Å². The van der Waals surface area contributed by atoms with Crippen molar-refractivity contribution in [2.45, 2.75) is 51.4 Å². The van der Waals surface area contributed by atoms with Gasteiger partial charge in [-0.3, -0.25) is 39.1 Å². The fraction of sp³-hybridized carbons (Fsp3) is 0.154. The molecule has 0 saturated carbocycles. The lowest BCUT2D eigenvalue weighted by molar-refractivity contribution is -0.138. The van der Waals surface area contributed by atoms with Crippen molar-refractivity contribution in [2.75, 3.05) is 0 Å². The molecule has 0 atom stereocenters. The van der Waals surface area contributed by atoms with Crippen LogP contribution in [0.25, 0.3) is 90.9 Å². The van der Waals surface area contributed by atoms with Crippen LogP contribution in [0.4, 0.5) is 0 Å². The Morgan fingerprint density at radius 1 is 0.377 bits per heavy atom. The molecule has 0 amide bonds. The molecule has 0 aliphatic carbocycles. The number of aryl methyl sites for hydroxylation is 4. The second-order valence-electron chi connectivity index (χ2n) is 16.2. The molecule has 8 bridgehead atoms. The van der Waals surface area contributed by atoms with Gasteiger partial charge in [0.2, 0.25) is 0 Å². The number of nitrogens with one attached hydrogen (secondary N) is 2. The van der Waals surface area contributed by atoms with Crippen molar-refractivity contribution in [1.82, 2.24) is 39.9 Å². The van der Waals surface area contributed by atoms with Crippen molar-refractivity contribution in [2.24, 2.45) is 0 Å². The highest BCUT2D eigenvalue weighted by Crippen LogP contribution is 2.39. The maximum absolute atomic E-state index is 11.6. The van der Waals surface area contributed by atoms with Crippen LogP contribution in [0, 0.1) is 0 Å². The van der Waals surface area contributed by atoms with Gasteiger partial charge in [0, 0.05) is 118 Å². The Balaban J connectivity index is 0.00000642. The monoisotopic (exact) mass is 986 g/mol. The van der Waals surface area contributed by atoms with Gasteiger partial charge in [0.25, 0.3) is 0 Å². The first-order valence-electron chi connectivity index (χ1n) is 21.8. The van der Waals surface area contributed by atoms with E-state index in [2.05, 4.69) is 29.9 Å². The van der Waals surface area contributed by atoms with Gasteiger partial charge in [-0.1, -0.05) is 0 Å². The molecule has 0 radical (unpaired) electrons. The molecule has 0 aromatic carbocycles. The zero-order valence-electron chi connectivity index (χ0n) is 36.7. The molecule has 16 nitrogen and oxygen atoms in total. The van der Waals surface area contributed by atoms with Gasteiger partial charge in [0.1, 0.15) is 0 Å². The minimum absolute atomic E-state index is 0. The van der Waals surface area contributed by atoms with E-state index < -0.39 is 23.9 Å². The Hall–Kier alpha value is -8.44. The highest BCUT2D eigenvalue weighted by molar-refractivity contribution is 8.93. The van der Waals surface area contributed by atoms with E-state index in [4.69, 9.17) is 9.97 Å². The number of pyridine rings is 4. The molecule has 17 heteroatoms. The van der Waals surface area contributed by atoms with Gasteiger partial charge in [0.15, 0.2) is 0 Å². The van der Waals surface area contributed by atoms with Crippen molar-refractivity contribution in [3.05, 3.63) is 143 Å². The van der Waals surface area contributed by atoms with Gasteiger partial charge in [-0.2, -0.15) is 0 Å². The Labute approximate surface area is 404 Å². The quantitative estimate of drug-likeness (QED) is 0.0527. The molecule has 69 heavy (non-hydrogen) atoms. The van der Waals surface area contributed by atoms with Gasteiger partial charge in [-0.15, -0.1) is 17.0 Å². The van der Waals surface area contributed by atoms with Gasteiger partial charge in [0.05, 0.1) is 48.5 Å². The number of nitrogens with zero attached hydrogens (tertiary/aromatic N) is 6. The molecule has 7 aromatic rings. The first kappa shape index (κ1) is 47.1. The van der Waals surface area contributed by atoms with E-state index >= 15 is 0 Å². The Kier molecular flexibility index (Phi) is 14.1. The van der Waals surface area contributed by atoms with E-state index in [1.54, 1.807) is 24.8 Å². The summed E-state index contributed by atoms with van der Waals surface area (Å²) in [5, 5.41) is 38.0. The fourth-order valence-electron chi connectivity index (χ4n) is 8.44. The van der Waals surface area contributed by atoms with Crippen LogP contribution in [-0.2, 0) is 44.9 Å². The van der Waals surface area contributed by atoms with Gasteiger partial charge in [-0.25, -0.2) is 9.97 Å². The summed E-state index contributed by atoms with van der Waals surface area (Å²) in [7, 11) is 0. The van der Waals surface area contributed by atoms with Crippen LogP contribution in [-0.4, -0.2) is 84.2 Å². The largest absolute Gasteiger partial charge is 0.481 e. The average Bonchev–Trinajstić information content (AvgIpc) is 4.18. The van der Waals surface area contributed by atoms with Gasteiger partial charge >= 0.3 is 23.9 Å². The third-order valence-electron chi connectivity index (χ3n) is 11.6. The smallest absolute Gasteiger partial charge is 0.303 e. The van der Waals surface area contributed by atoms with Crippen molar-refractivity contribution < 1.29 is 39.6 Å². The molecule has 0 spiro atoms. The van der Waals surface area contributed by atoms with Crippen LogP contribution in [0.3, 0.4) is 0 Å². The molecule has 2 aliphatic rings. The number of aromatic nitrogens is 8. The number of aliphatic carboxylic acids is 4. The number of hydrogen-bond donors (Lipinski definition) is 6. The molecule has 6 N–H and O–H groups in total. The van der Waals surface area contributed by atoms with E-state index in [0.717, 1.165) is 22.3 Å². The number of halogens is 1. The summed E-state index contributed by atoms with van der Waals surface area (Å²) in [6, 6.07) is 22.6. The molecular weight excluding hydrogens is 945 g/mol.